The summed E-state index contributed by atoms with van der Waals surface area (Å²) < 4.78 is 2.00. The van der Waals surface area contributed by atoms with Crippen LogP contribution in [0.3, 0.4) is 0 Å². The van der Waals surface area contributed by atoms with Crippen molar-refractivity contribution in [2.45, 2.75) is 32.4 Å². The van der Waals surface area contributed by atoms with E-state index in [0.29, 0.717) is 12.8 Å². The largest absolute Gasteiger partial charge is 0.392 e. The van der Waals surface area contributed by atoms with Gasteiger partial charge in [0.2, 0.25) is 0 Å². The lowest BCUT2D eigenvalue weighted by atomic mass is 10.1. The Labute approximate surface area is 122 Å². The number of hydrogen-bond donors (Lipinski definition) is 1. The molecule has 1 atom stereocenters. The van der Waals surface area contributed by atoms with Crippen molar-refractivity contribution in [3.63, 3.8) is 0 Å². The van der Waals surface area contributed by atoms with Gasteiger partial charge in [0.25, 0.3) is 0 Å². The van der Waals surface area contributed by atoms with Crippen LogP contribution in [0.1, 0.15) is 17.5 Å². The summed E-state index contributed by atoms with van der Waals surface area (Å²) in [6, 6.07) is 12.3. The Morgan fingerprint density at radius 1 is 1.20 bits per heavy atom. The van der Waals surface area contributed by atoms with E-state index in [2.05, 4.69) is 30.2 Å². The van der Waals surface area contributed by atoms with E-state index in [1.165, 1.54) is 4.88 Å². The summed E-state index contributed by atoms with van der Waals surface area (Å²) in [5.74, 6) is 0. The smallest absolute Gasteiger partial charge is 0.0729 e. The van der Waals surface area contributed by atoms with Crippen LogP contribution < -0.4 is 0 Å². The van der Waals surface area contributed by atoms with E-state index in [4.69, 9.17) is 0 Å². The van der Waals surface area contributed by atoms with Crippen LogP contribution in [-0.4, -0.2) is 21.0 Å². The van der Waals surface area contributed by atoms with Gasteiger partial charge in [-0.2, -0.15) is 5.10 Å². The van der Waals surface area contributed by atoms with Gasteiger partial charge in [-0.25, -0.2) is 0 Å². The molecule has 0 bridgehead atoms. The molecule has 0 saturated heterocycles. The summed E-state index contributed by atoms with van der Waals surface area (Å²) in [6.07, 6.45) is 0.924. The topological polar surface area (TPSA) is 38.0 Å². The van der Waals surface area contributed by atoms with Crippen LogP contribution in [-0.2, 0) is 19.4 Å². The van der Waals surface area contributed by atoms with Crippen LogP contribution in [0.15, 0.2) is 41.8 Å². The number of aryl methyl sites for hydroxylation is 1. The summed E-state index contributed by atoms with van der Waals surface area (Å²) in [4.78, 5) is 1.22. The molecule has 0 saturated carbocycles. The number of fused-ring (bicyclic) bond motifs is 1. The van der Waals surface area contributed by atoms with Gasteiger partial charge < -0.3 is 5.11 Å². The summed E-state index contributed by atoms with van der Waals surface area (Å²) in [7, 11) is 0. The van der Waals surface area contributed by atoms with Crippen molar-refractivity contribution in [2.75, 3.05) is 0 Å². The molecular weight excluding hydrogens is 268 g/mol. The van der Waals surface area contributed by atoms with Gasteiger partial charge in [0.1, 0.15) is 0 Å². The number of thiophene rings is 1. The molecule has 0 fully saturated rings. The molecule has 0 aliphatic carbocycles. The predicted molar refractivity (Wildman–Crippen MR) is 83.1 cm³/mol. The Balaban J connectivity index is 1.83. The Bertz CT molecular complexity index is 688. The second kappa shape index (κ2) is 5.77. The molecular formula is C16H18N2OS. The molecule has 20 heavy (non-hydrogen) atoms. The third-order valence-corrected chi connectivity index (χ3v) is 4.38. The molecule has 0 aliphatic heterocycles. The molecule has 4 heteroatoms. The minimum atomic E-state index is -0.378. The first kappa shape index (κ1) is 13.3. The van der Waals surface area contributed by atoms with E-state index in [1.54, 1.807) is 11.3 Å². The lowest BCUT2D eigenvalue weighted by Gasteiger charge is -2.07. The maximum absolute atomic E-state index is 10.3. The second-order valence-corrected chi connectivity index (χ2v) is 5.95. The van der Waals surface area contributed by atoms with E-state index in [9.17, 15) is 5.11 Å². The molecule has 1 unspecified atom stereocenters. The van der Waals surface area contributed by atoms with Crippen molar-refractivity contribution in [3.8, 4) is 0 Å². The minimum Gasteiger partial charge on any atom is -0.392 e. The number of nitrogens with zero attached hydrogens (tertiary/aromatic N) is 2. The number of aromatic nitrogens is 2. The second-order valence-electron chi connectivity index (χ2n) is 4.92. The summed E-state index contributed by atoms with van der Waals surface area (Å²) in [5, 5.41) is 18.1. The Kier molecular flexibility index (Phi) is 3.85. The van der Waals surface area contributed by atoms with Crippen LogP contribution in [0.25, 0.3) is 10.9 Å². The first-order valence-electron chi connectivity index (χ1n) is 6.92. The van der Waals surface area contributed by atoms with Gasteiger partial charge >= 0.3 is 0 Å². The first-order valence-corrected chi connectivity index (χ1v) is 7.80. The third kappa shape index (κ3) is 2.62. The van der Waals surface area contributed by atoms with Gasteiger partial charge in [-0.15, -0.1) is 11.3 Å². The van der Waals surface area contributed by atoms with Gasteiger partial charge in [-0.1, -0.05) is 24.3 Å². The molecule has 3 rings (SSSR count). The zero-order valence-corrected chi connectivity index (χ0v) is 12.3. The van der Waals surface area contributed by atoms with Crippen molar-refractivity contribution in [1.82, 2.24) is 9.78 Å². The van der Waals surface area contributed by atoms with E-state index in [-0.39, 0.29) is 6.10 Å². The zero-order valence-electron chi connectivity index (χ0n) is 11.5. The van der Waals surface area contributed by atoms with Crippen molar-refractivity contribution < 1.29 is 5.11 Å². The molecule has 0 aliphatic rings. The number of benzene rings is 1. The third-order valence-electron chi connectivity index (χ3n) is 3.48. The van der Waals surface area contributed by atoms with Crippen LogP contribution in [0.5, 0.6) is 0 Å². The molecule has 3 aromatic rings. The van der Waals surface area contributed by atoms with Gasteiger partial charge in [-0.3, -0.25) is 4.68 Å². The maximum atomic E-state index is 10.3. The highest BCUT2D eigenvalue weighted by Crippen LogP contribution is 2.21. The average molecular weight is 286 g/mol. The van der Waals surface area contributed by atoms with E-state index in [0.717, 1.165) is 23.1 Å². The quantitative estimate of drug-likeness (QED) is 0.781. The Hall–Kier alpha value is -1.65. The predicted octanol–water partition coefficient (Wildman–Crippen LogP) is 3.26. The summed E-state index contributed by atoms with van der Waals surface area (Å²) in [5.41, 5.74) is 2.14. The highest BCUT2D eigenvalue weighted by atomic mass is 32.1. The summed E-state index contributed by atoms with van der Waals surface area (Å²) in [6.45, 7) is 2.94. The van der Waals surface area contributed by atoms with Crippen LogP contribution >= 0.6 is 11.3 Å². The van der Waals surface area contributed by atoms with Crippen LogP contribution in [0, 0.1) is 0 Å². The Morgan fingerprint density at radius 2 is 2.05 bits per heavy atom. The van der Waals surface area contributed by atoms with E-state index < -0.39 is 0 Å². The fourth-order valence-electron chi connectivity index (χ4n) is 2.54. The lowest BCUT2D eigenvalue weighted by Crippen LogP contribution is -2.14. The Morgan fingerprint density at radius 3 is 2.80 bits per heavy atom. The molecule has 1 aromatic carbocycles. The standard InChI is InChI=1S/C16H18N2OS/c1-2-18-16-8-4-3-7-14(16)15(17-18)11-12(19)10-13-6-5-9-20-13/h3-9,12,19H,2,10-11H2,1H3. The van der Waals surface area contributed by atoms with Crippen LogP contribution in [0.4, 0.5) is 0 Å². The van der Waals surface area contributed by atoms with Crippen molar-refractivity contribution in [2.24, 2.45) is 0 Å². The molecule has 104 valence electrons. The lowest BCUT2D eigenvalue weighted by molar-refractivity contribution is 0.175. The number of rotatable bonds is 5. The fraction of sp³-hybridized carbons (Fsp3) is 0.312. The minimum absolute atomic E-state index is 0.378. The first-order chi connectivity index (χ1) is 9.78. The zero-order chi connectivity index (χ0) is 13.9. The summed E-state index contributed by atoms with van der Waals surface area (Å²) >= 11 is 1.69. The number of aliphatic hydroxyl groups excluding tert-OH is 1. The fourth-order valence-corrected chi connectivity index (χ4v) is 3.32. The van der Waals surface area contributed by atoms with Gasteiger partial charge in [0.15, 0.2) is 0 Å². The van der Waals surface area contributed by atoms with Gasteiger partial charge in [0.05, 0.1) is 17.3 Å². The SMILES string of the molecule is CCn1nc(CC(O)Cc2cccs2)c2ccccc21. The van der Waals surface area contributed by atoms with Crippen molar-refractivity contribution in [1.29, 1.82) is 0 Å². The van der Waals surface area contributed by atoms with E-state index >= 15 is 0 Å². The molecule has 0 radical (unpaired) electrons. The highest BCUT2D eigenvalue weighted by molar-refractivity contribution is 7.09. The maximum Gasteiger partial charge on any atom is 0.0729 e. The van der Waals surface area contributed by atoms with Crippen LogP contribution in [0.2, 0.25) is 0 Å². The van der Waals surface area contributed by atoms with Crippen molar-refractivity contribution in [3.05, 3.63) is 52.3 Å². The van der Waals surface area contributed by atoms with E-state index in [1.807, 2.05) is 28.3 Å². The molecule has 0 amide bonds. The number of para-hydroxylation sites is 1. The number of hydrogen-bond acceptors (Lipinski definition) is 3. The van der Waals surface area contributed by atoms with Gasteiger partial charge in [-0.05, 0) is 24.4 Å². The molecule has 3 nitrogen and oxygen atoms in total. The highest BCUT2D eigenvalue weighted by Gasteiger charge is 2.14. The molecule has 2 aromatic heterocycles. The van der Waals surface area contributed by atoms with Crippen molar-refractivity contribution >= 4 is 22.2 Å². The molecule has 1 N–H and O–H groups in total. The monoisotopic (exact) mass is 286 g/mol. The average Bonchev–Trinajstić information content (AvgIpc) is 3.07. The molecule has 2 heterocycles. The normalized spacial score (nSPS) is 12.9. The molecule has 0 spiro atoms. The number of aliphatic hydroxyl groups is 1. The van der Waals surface area contributed by atoms with Gasteiger partial charge in [0, 0.05) is 29.6 Å².